The standard InChI is InChI=1S/C16H15NO3/c1-20-14-4-2-3-11(9-14)10-15(16(18)19)12-5-7-13(17)8-6-12/h2-10H,17H2,1H3,(H,18,19)/b15-10-. The third kappa shape index (κ3) is 3.17. The molecule has 0 saturated carbocycles. The Morgan fingerprint density at radius 2 is 1.90 bits per heavy atom. The maximum Gasteiger partial charge on any atom is 0.336 e. The molecule has 3 N–H and O–H groups in total. The minimum absolute atomic E-state index is 0.207. The van der Waals surface area contributed by atoms with E-state index in [1.54, 1.807) is 49.6 Å². The van der Waals surface area contributed by atoms with E-state index in [1.807, 2.05) is 12.1 Å². The van der Waals surface area contributed by atoms with Gasteiger partial charge in [0.15, 0.2) is 0 Å². The number of carbonyl (C=O) groups is 1. The van der Waals surface area contributed by atoms with Gasteiger partial charge in [0.05, 0.1) is 12.7 Å². The molecule has 102 valence electrons. The number of benzene rings is 2. The Morgan fingerprint density at radius 3 is 2.50 bits per heavy atom. The highest BCUT2D eigenvalue weighted by Crippen LogP contribution is 2.22. The number of anilines is 1. The molecule has 0 aromatic heterocycles. The lowest BCUT2D eigenvalue weighted by atomic mass is 10.0. The average Bonchev–Trinajstić information content (AvgIpc) is 2.46. The van der Waals surface area contributed by atoms with Gasteiger partial charge in [-0.1, -0.05) is 24.3 Å². The summed E-state index contributed by atoms with van der Waals surface area (Å²) in [4.78, 5) is 11.4. The zero-order valence-corrected chi connectivity index (χ0v) is 11.0. The van der Waals surface area contributed by atoms with Gasteiger partial charge in [-0.3, -0.25) is 0 Å². The van der Waals surface area contributed by atoms with Crippen LogP contribution in [-0.2, 0) is 4.79 Å². The molecular formula is C16H15NO3. The van der Waals surface area contributed by atoms with Crippen LogP contribution in [0.1, 0.15) is 11.1 Å². The molecule has 2 rings (SSSR count). The summed E-state index contributed by atoms with van der Waals surface area (Å²) < 4.78 is 5.13. The quantitative estimate of drug-likeness (QED) is 0.508. The number of nitrogen functional groups attached to an aromatic ring is 1. The van der Waals surface area contributed by atoms with Crippen molar-refractivity contribution in [2.45, 2.75) is 0 Å². The van der Waals surface area contributed by atoms with Gasteiger partial charge in [0.25, 0.3) is 0 Å². The van der Waals surface area contributed by atoms with Crippen molar-refractivity contribution in [3.05, 3.63) is 59.7 Å². The molecule has 0 unspecified atom stereocenters. The molecule has 0 amide bonds. The second-order valence-corrected chi connectivity index (χ2v) is 4.26. The van der Waals surface area contributed by atoms with E-state index in [-0.39, 0.29) is 5.57 Å². The first-order chi connectivity index (χ1) is 9.60. The molecule has 0 radical (unpaired) electrons. The van der Waals surface area contributed by atoms with Gasteiger partial charge in [-0.25, -0.2) is 4.79 Å². The fourth-order valence-corrected chi connectivity index (χ4v) is 1.83. The lowest BCUT2D eigenvalue weighted by Gasteiger charge is -2.05. The number of carboxylic acid groups (broad SMARTS) is 1. The third-order valence-electron chi connectivity index (χ3n) is 2.86. The Kier molecular flexibility index (Phi) is 4.05. The predicted octanol–water partition coefficient (Wildman–Crippen LogP) is 2.90. The van der Waals surface area contributed by atoms with E-state index < -0.39 is 5.97 Å². The van der Waals surface area contributed by atoms with Crippen molar-refractivity contribution < 1.29 is 14.6 Å². The third-order valence-corrected chi connectivity index (χ3v) is 2.86. The number of aliphatic carboxylic acids is 1. The topological polar surface area (TPSA) is 72.5 Å². The molecule has 0 aliphatic rings. The number of nitrogens with two attached hydrogens (primary N) is 1. The summed E-state index contributed by atoms with van der Waals surface area (Å²) in [6, 6.07) is 14.0. The van der Waals surface area contributed by atoms with Crippen molar-refractivity contribution in [3.63, 3.8) is 0 Å². The Hall–Kier alpha value is -2.75. The zero-order chi connectivity index (χ0) is 14.5. The van der Waals surface area contributed by atoms with Crippen molar-refractivity contribution in [3.8, 4) is 5.75 Å². The van der Waals surface area contributed by atoms with E-state index in [9.17, 15) is 9.90 Å². The number of carboxylic acids is 1. The summed E-state index contributed by atoms with van der Waals surface area (Å²) in [7, 11) is 1.57. The van der Waals surface area contributed by atoms with Crippen molar-refractivity contribution in [1.82, 2.24) is 0 Å². The first kappa shape index (κ1) is 13.7. The molecule has 0 heterocycles. The molecule has 2 aromatic carbocycles. The Balaban J connectivity index is 2.44. The van der Waals surface area contributed by atoms with Crippen LogP contribution in [0.4, 0.5) is 5.69 Å². The van der Waals surface area contributed by atoms with Crippen LogP contribution in [0, 0.1) is 0 Å². The van der Waals surface area contributed by atoms with E-state index >= 15 is 0 Å². The number of methoxy groups -OCH3 is 1. The van der Waals surface area contributed by atoms with Crippen molar-refractivity contribution in [2.75, 3.05) is 12.8 Å². The highest BCUT2D eigenvalue weighted by Gasteiger charge is 2.10. The predicted molar refractivity (Wildman–Crippen MR) is 79.4 cm³/mol. The van der Waals surface area contributed by atoms with Gasteiger partial charge in [-0.15, -0.1) is 0 Å². The van der Waals surface area contributed by atoms with E-state index in [4.69, 9.17) is 10.5 Å². The van der Waals surface area contributed by atoms with Crippen LogP contribution in [0.15, 0.2) is 48.5 Å². The maximum absolute atomic E-state index is 11.4. The Morgan fingerprint density at radius 1 is 1.20 bits per heavy atom. The molecule has 0 spiro atoms. The van der Waals surface area contributed by atoms with Gasteiger partial charge >= 0.3 is 5.97 Å². The summed E-state index contributed by atoms with van der Waals surface area (Å²) in [6.45, 7) is 0. The number of rotatable bonds is 4. The second-order valence-electron chi connectivity index (χ2n) is 4.26. The van der Waals surface area contributed by atoms with Crippen LogP contribution in [0.3, 0.4) is 0 Å². The summed E-state index contributed by atoms with van der Waals surface area (Å²) in [6.07, 6.45) is 1.61. The van der Waals surface area contributed by atoms with Crippen LogP contribution in [0.25, 0.3) is 11.6 Å². The normalized spacial score (nSPS) is 11.2. The van der Waals surface area contributed by atoms with Crippen molar-refractivity contribution in [2.24, 2.45) is 0 Å². The van der Waals surface area contributed by atoms with Gasteiger partial charge in [-0.05, 0) is 41.5 Å². The maximum atomic E-state index is 11.4. The summed E-state index contributed by atoms with van der Waals surface area (Å²) in [5, 5.41) is 9.35. The minimum Gasteiger partial charge on any atom is -0.497 e. The molecule has 4 nitrogen and oxygen atoms in total. The molecule has 0 saturated heterocycles. The van der Waals surface area contributed by atoms with Crippen LogP contribution in [-0.4, -0.2) is 18.2 Å². The number of ether oxygens (including phenoxy) is 1. The van der Waals surface area contributed by atoms with Gasteiger partial charge in [0, 0.05) is 5.69 Å². The largest absolute Gasteiger partial charge is 0.497 e. The van der Waals surface area contributed by atoms with E-state index in [2.05, 4.69) is 0 Å². The van der Waals surface area contributed by atoms with Gasteiger partial charge in [0.1, 0.15) is 5.75 Å². The van der Waals surface area contributed by atoms with E-state index in [0.29, 0.717) is 17.0 Å². The van der Waals surface area contributed by atoms with Crippen LogP contribution >= 0.6 is 0 Å². The van der Waals surface area contributed by atoms with Crippen molar-refractivity contribution in [1.29, 1.82) is 0 Å². The summed E-state index contributed by atoms with van der Waals surface area (Å²) >= 11 is 0. The number of hydrogen-bond acceptors (Lipinski definition) is 3. The summed E-state index contributed by atoms with van der Waals surface area (Å²) in [5.41, 5.74) is 7.78. The molecule has 2 aromatic rings. The first-order valence-corrected chi connectivity index (χ1v) is 6.05. The van der Waals surface area contributed by atoms with E-state index in [1.165, 1.54) is 0 Å². The molecule has 20 heavy (non-hydrogen) atoms. The van der Waals surface area contributed by atoms with E-state index in [0.717, 1.165) is 5.56 Å². The van der Waals surface area contributed by atoms with Gasteiger partial charge < -0.3 is 15.6 Å². The van der Waals surface area contributed by atoms with Crippen LogP contribution in [0.2, 0.25) is 0 Å². The Bertz CT molecular complexity index is 645. The highest BCUT2D eigenvalue weighted by molar-refractivity contribution is 6.20. The van der Waals surface area contributed by atoms with Crippen LogP contribution < -0.4 is 10.5 Å². The molecule has 4 heteroatoms. The molecule has 0 fully saturated rings. The number of hydrogen-bond donors (Lipinski definition) is 2. The Labute approximate surface area is 117 Å². The molecule has 0 aliphatic heterocycles. The monoisotopic (exact) mass is 269 g/mol. The fourth-order valence-electron chi connectivity index (χ4n) is 1.83. The first-order valence-electron chi connectivity index (χ1n) is 6.05. The summed E-state index contributed by atoms with van der Waals surface area (Å²) in [5.74, 6) is -0.307. The fraction of sp³-hybridized carbons (Fsp3) is 0.0625. The molecular weight excluding hydrogens is 254 g/mol. The zero-order valence-electron chi connectivity index (χ0n) is 11.0. The van der Waals surface area contributed by atoms with Crippen LogP contribution in [0.5, 0.6) is 5.75 Å². The molecule has 0 bridgehead atoms. The SMILES string of the molecule is COc1cccc(/C=C(\C(=O)O)c2ccc(N)cc2)c1. The molecule has 0 atom stereocenters. The van der Waals surface area contributed by atoms with Crippen molar-refractivity contribution >= 4 is 23.3 Å². The lowest BCUT2D eigenvalue weighted by molar-refractivity contribution is -0.130. The second kappa shape index (κ2) is 5.93. The molecule has 0 aliphatic carbocycles. The van der Waals surface area contributed by atoms with Gasteiger partial charge in [-0.2, -0.15) is 0 Å². The average molecular weight is 269 g/mol. The highest BCUT2D eigenvalue weighted by atomic mass is 16.5. The van der Waals surface area contributed by atoms with Gasteiger partial charge in [0.2, 0.25) is 0 Å². The lowest BCUT2D eigenvalue weighted by Crippen LogP contribution is -2.00. The smallest absolute Gasteiger partial charge is 0.336 e. The minimum atomic E-state index is -0.988.